The molecule has 37 heavy (non-hydrogen) atoms. The summed E-state index contributed by atoms with van der Waals surface area (Å²) in [7, 11) is -3.54. The minimum atomic E-state index is -3.54. The Morgan fingerprint density at radius 1 is 1.08 bits per heavy atom. The minimum absolute atomic E-state index is 0.0596. The molecular weight excluding hydrogens is 537 g/mol. The first-order valence-corrected chi connectivity index (χ1v) is 14.0. The van der Waals surface area contributed by atoms with Gasteiger partial charge in [0.1, 0.15) is 25.0 Å². The van der Waals surface area contributed by atoms with Gasteiger partial charge < -0.3 is 15.2 Å². The van der Waals surface area contributed by atoms with E-state index in [1.54, 1.807) is 18.2 Å². The third-order valence-corrected chi connectivity index (χ3v) is 6.48. The van der Waals surface area contributed by atoms with Crippen molar-refractivity contribution in [1.29, 1.82) is 5.26 Å². The second kappa shape index (κ2) is 12.0. The van der Waals surface area contributed by atoms with Gasteiger partial charge in [-0.3, -0.25) is 4.72 Å². The van der Waals surface area contributed by atoms with Crippen molar-refractivity contribution in [2.45, 2.75) is 32.4 Å². The number of hydrogen-bond donors (Lipinski definition) is 2. The average Bonchev–Trinajstić information content (AvgIpc) is 2.85. The molecule has 1 aromatic heterocycles. The number of hydrogen-bond acceptors (Lipinski definition) is 8. The van der Waals surface area contributed by atoms with E-state index in [2.05, 4.69) is 20.8 Å². The number of nitrogens with zero attached hydrogens (tertiary/aromatic N) is 3. The van der Waals surface area contributed by atoms with Crippen LogP contribution >= 0.6 is 23.2 Å². The number of ether oxygens (including phenoxy) is 2. The maximum absolute atomic E-state index is 11.5. The van der Waals surface area contributed by atoms with Crippen molar-refractivity contribution in [2.75, 3.05) is 23.5 Å². The third kappa shape index (κ3) is 7.46. The minimum Gasteiger partial charge on any atom is -0.489 e. The lowest BCUT2D eigenvalue weighted by Gasteiger charge is -2.27. The SMILES string of the molecule is CC(C)(c1ccc(OCc2cc(CN)nc(NS(C)(=O)=O)n2)cc1)c1cc(Cl)c(OCCCl)c(C#N)c1. The Morgan fingerprint density at radius 3 is 2.35 bits per heavy atom. The van der Waals surface area contributed by atoms with Crippen LogP contribution in [0, 0.1) is 11.3 Å². The molecule has 0 radical (unpaired) electrons. The summed E-state index contributed by atoms with van der Waals surface area (Å²) < 4.78 is 36.7. The molecule has 0 amide bonds. The summed E-state index contributed by atoms with van der Waals surface area (Å²) in [6.45, 7) is 4.51. The van der Waals surface area contributed by atoms with E-state index >= 15 is 0 Å². The number of alkyl halides is 1. The highest BCUT2D eigenvalue weighted by molar-refractivity contribution is 7.91. The summed E-state index contributed by atoms with van der Waals surface area (Å²) in [6.07, 6.45) is 1.02. The first-order chi connectivity index (χ1) is 17.5. The summed E-state index contributed by atoms with van der Waals surface area (Å²) in [5.41, 5.74) is 8.31. The van der Waals surface area contributed by atoms with Gasteiger partial charge in [-0.05, 0) is 41.5 Å². The van der Waals surface area contributed by atoms with Crippen LogP contribution in [0.25, 0.3) is 0 Å². The fraction of sp³-hybridized carbons (Fsp3) is 0.320. The molecule has 196 valence electrons. The van der Waals surface area contributed by atoms with Crippen molar-refractivity contribution in [1.82, 2.24) is 9.97 Å². The second-order valence-corrected chi connectivity index (χ2v) is 11.2. The first kappa shape index (κ1) is 28.5. The van der Waals surface area contributed by atoms with Crippen molar-refractivity contribution in [3.63, 3.8) is 0 Å². The van der Waals surface area contributed by atoms with Crippen molar-refractivity contribution >= 4 is 39.2 Å². The average molecular weight is 564 g/mol. The van der Waals surface area contributed by atoms with Gasteiger partial charge in [0.15, 0.2) is 5.75 Å². The van der Waals surface area contributed by atoms with Gasteiger partial charge in [0, 0.05) is 12.0 Å². The number of anilines is 1. The van der Waals surface area contributed by atoms with Gasteiger partial charge in [-0.25, -0.2) is 18.4 Å². The molecule has 0 atom stereocenters. The molecule has 2 aromatic carbocycles. The summed E-state index contributed by atoms with van der Waals surface area (Å²) in [5.74, 6) is 1.14. The van der Waals surface area contributed by atoms with E-state index in [4.69, 9.17) is 38.4 Å². The molecule has 0 bridgehead atoms. The van der Waals surface area contributed by atoms with Crippen LogP contribution in [0.15, 0.2) is 42.5 Å². The summed E-state index contributed by atoms with van der Waals surface area (Å²) in [6, 6.07) is 14.9. The maximum Gasteiger partial charge on any atom is 0.237 e. The van der Waals surface area contributed by atoms with Crippen LogP contribution in [0.3, 0.4) is 0 Å². The van der Waals surface area contributed by atoms with Crippen LogP contribution in [0.2, 0.25) is 5.02 Å². The molecule has 12 heteroatoms. The van der Waals surface area contributed by atoms with Gasteiger partial charge in [0.2, 0.25) is 16.0 Å². The lowest BCUT2D eigenvalue weighted by molar-refractivity contribution is 0.301. The van der Waals surface area contributed by atoms with E-state index in [1.807, 2.05) is 38.1 Å². The number of sulfonamides is 1. The lowest BCUT2D eigenvalue weighted by Crippen LogP contribution is -2.19. The van der Waals surface area contributed by atoms with Crippen molar-refractivity contribution in [3.05, 3.63) is 75.6 Å². The van der Waals surface area contributed by atoms with Crippen LogP contribution in [0.5, 0.6) is 11.5 Å². The topological polar surface area (TPSA) is 140 Å². The van der Waals surface area contributed by atoms with Gasteiger partial charge in [-0.2, -0.15) is 5.26 Å². The Kier molecular flexibility index (Phi) is 9.21. The zero-order valence-corrected chi connectivity index (χ0v) is 22.9. The highest BCUT2D eigenvalue weighted by atomic mass is 35.5. The fourth-order valence-electron chi connectivity index (χ4n) is 3.56. The number of nitrogens with one attached hydrogen (secondary N) is 1. The van der Waals surface area contributed by atoms with Crippen LogP contribution < -0.4 is 19.9 Å². The molecular formula is C25H27Cl2N5O4S. The molecule has 3 N–H and O–H groups in total. The first-order valence-electron chi connectivity index (χ1n) is 11.2. The predicted molar refractivity (Wildman–Crippen MR) is 144 cm³/mol. The Hall–Kier alpha value is -3.10. The second-order valence-electron chi connectivity index (χ2n) is 8.67. The number of benzene rings is 2. The van der Waals surface area contributed by atoms with Crippen molar-refractivity contribution in [2.24, 2.45) is 5.73 Å². The summed E-state index contributed by atoms with van der Waals surface area (Å²) in [5, 5.41) is 9.96. The van der Waals surface area contributed by atoms with Gasteiger partial charge >= 0.3 is 0 Å². The highest BCUT2D eigenvalue weighted by Gasteiger charge is 2.26. The Bertz CT molecular complexity index is 1410. The third-order valence-electron chi connectivity index (χ3n) is 5.49. The normalized spacial score (nSPS) is 11.6. The molecule has 0 fully saturated rings. The van der Waals surface area contributed by atoms with E-state index in [1.165, 1.54) is 0 Å². The zero-order chi connectivity index (χ0) is 27.2. The monoisotopic (exact) mass is 563 g/mol. The van der Waals surface area contributed by atoms with Crippen LogP contribution in [0.4, 0.5) is 5.95 Å². The van der Waals surface area contributed by atoms with E-state index in [-0.39, 0.29) is 31.6 Å². The quantitative estimate of drug-likeness (QED) is 0.328. The van der Waals surface area contributed by atoms with Crippen molar-refractivity contribution in [3.8, 4) is 17.6 Å². The molecule has 0 saturated heterocycles. The molecule has 0 spiro atoms. The van der Waals surface area contributed by atoms with E-state index in [0.717, 1.165) is 17.4 Å². The van der Waals surface area contributed by atoms with E-state index < -0.39 is 15.4 Å². The highest BCUT2D eigenvalue weighted by Crippen LogP contribution is 2.38. The zero-order valence-electron chi connectivity index (χ0n) is 20.6. The molecule has 0 unspecified atom stereocenters. The van der Waals surface area contributed by atoms with Gasteiger partial charge in [0.25, 0.3) is 0 Å². The molecule has 9 nitrogen and oxygen atoms in total. The molecule has 0 aliphatic rings. The summed E-state index contributed by atoms with van der Waals surface area (Å²) >= 11 is 12.1. The Balaban J connectivity index is 1.79. The van der Waals surface area contributed by atoms with E-state index in [0.29, 0.717) is 33.5 Å². The molecule has 0 aliphatic heterocycles. The van der Waals surface area contributed by atoms with E-state index in [9.17, 15) is 13.7 Å². The Labute approximate surface area is 226 Å². The van der Waals surface area contributed by atoms with Crippen LogP contribution in [-0.2, 0) is 28.6 Å². The number of nitrogens with two attached hydrogens (primary N) is 1. The molecule has 0 aliphatic carbocycles. The van der Waals surface area contributed by atoms with Crippen LogP contribution in [0.1, 0.15) is 41.9 Å². The molecule has 3 rings (SSSR count). The van der Waals surface area contributed by atoms with Crippen LogP contribution in [-0.4, -0.2) is 37.1 Å². The summed E-state index contributed by atoms with van der Waals surface area (Å²) in [4.78, 5) is 8.26. The molecule has 0 saturated carbocycles. The number of nitriles is 1. The smallest absolute Gasteiger partial charge is 0.237 e. The fourth-order valence-corrected chi connectivity index (χ4v) is 4.33. The maximum atomic E-state index is 11.5. The lowest BCUT2D eigenvalue weighted by atomic mass is 9.77. The molecule has 3 aromatic rings. The van der Waals surface area contributed by atoms with Gasteiger partial charge in [-0.1, -0.05) is 37.6 Å². The number of halogens is 2. The van der Waals surface area contributed by atoms with Crippen molar-refractivity contribution < 1.29 is 17.9 Å². The molecule has 1 heterocycles. The number of rotatable bonds is 11. The number of aromatic nitrogens is 2. The Morgan fingerprint density at radius 2 is 1.76 bits per heavy atom. The predicted octanol–water partition coefficient (Wildman–Crippen LogP) is 4.35. The van der Waals surface area contributed by atoms with Gasteiger partial charge in [0.05, 0.1) is 34.1 Å². The van der Waals surface area contributed by atoms with Gasteiger partial charge in [-0.15, -0.1) is 11.6 Å². The largest absolute Gasteiger partial charge is 0.489 e. The standard InChI is InChI=1S/C25H27Cl2N5O4S/c1-25(2,18-10-16(13-28)23(22(27)11-18)35-9-8-26)17-4-6-21(7-5-17)36-15-20-12-19(14-29)30-24(31-20)32-37(3,33)34/h4-7,10-12H,8-9,14-15,29H2,1-3H3,(H,30,31,32).